The summed E-state index contributed by atoms with van der Waals surface area (Å²) in [6, 6.07) is 16.3. The maximum atomic E-state index is 12.0. The van der Waals surface area contributed by atoms with E-state index in [1.807, 2.05) is 18.2 Å². The lowest BCUT2D eigenvalue weighted by molar-refractivity contribution is -0.124. The summed E-state index contributed by atoms with van der Waals surface area (Å²) in [5.74, 6) is -0.270. The minimum absolute atomic E-state index is 0.270. The standard InChI is InChI=1S/C18H20N2OS/c1-22-15-8-6-13(7-9-15)12-20-11-10-14-4-2-3-5-16(14)17(20)18(19)21/h2-9,17H,10-12H2,1H3,(H2,19,21). The lowest BCUT2D eigenvalue weighted by Gasteiger charge is -2.35. The lowest BCUT2D eigenvalue weighted by atomic mass is 9.92. The van der Waals surface area contributed by atoms with Crippen molar-refractivity contribution < 1.29 is 4.79 Å². The van der Waals surface area contributed by atoms with E-state index in [0.29, 0.717) is 0 Å². The molecule has 2 aromatic rings. The van der Waals surface area contributed by atoms with Gasteiger partial charge in [-0.15, -0.1) is 11.8 Å². The van der Waals surface area contributed by atoms with Gasteiger partial charge < -0.3 is 5.73 Å². The predicted molar refractivity (Wildman–Crippen MR) is 90.7 cm³/mol. The Balaban J connectivity index is 1.85. The summed E-state index contributed by atoms with van der Waals surface area (Å²) in [7, 11) is 0. The normalized spacial score (nSPS) is 18.0. The van der Waals surface area contributed by atoms with Crippen LogP contribution in [0.3, 0.4) is 0 Å². The first-order valence-electron chi connectivity index (χ1n) is 7.43. The van der Waals surface area contributed by atoms with Crippen LogP contribution in [0.4, 0.5) is 0 Å². The third kappa shape index (κ3) is 3.03. The zero-order valence-corrected chi connectivity index (χ0v) is 13.5. The predicted octanol–water partition coefficient (Wildman–Crippen LogP) is 2.99. The molecule has 0 saturated heterocycles. The molecule has 1 unspecified atom stereocenters. The lowest BCUT2D eigenvalue weighted by Crippen LogP contribution is -2.42. The van der Waals surface area contributed by atoms with Gasteiger partial charge in [0.2, 0.25) is 5.91 Å². The van der Waals surface area contributed by atoms with Crippen LogP contribution in [0.2, 0.25) is 0 Å². The molecule has 0 aromatic heterocycles. The first-order chi connectivity index (χ1) is 10.7. The van der Waals surface area contributed by atoms with E-state index in [1.54, 1.807) is 11.8 Å². The summed E-state index contributed by atoms with van der Waals surface area (Å²) in [4.78, 5) is 15.4. The molecule has 2 N–H and O–H groups in total. The van der Waals surface area contributed by atoms with Gasteiger partial charge in [0.05, 0.1) is 0 Å². The van der Waals surface area contributed by atoms with E-state index in [0.717, 1.165) is 25.1 Å². The van der Waals surface area contributed by atoms with Gasteiger partial charge in [0.25, 0.3) is 0 Å². The summed E-state index contributed by atoms with van der Waals surface area (Å²) in [5.41, 5.74) is 9.19. The maximum absolute atomic E-state index is 12.0. The van der Waals surface area contributed by atoms with Crippen LogP contribution >= 0.6 is 11.8 Å². The Hall–Kier alpha value is -1.78. The van der Waals surface area contributed by atoms with Crippen molar-refractivity contribution >= 4 is 17.7 Å². The molecular weight excluding hydrogens is 292 g/mol. The molecule has 0 spiro atoms. The third-order valence-corrected chi connectivity index (χ3v) is 4.94. The Morgan fingerprint density at radius 1 is 1.23 bits per heavy atom. The number of nitrogens with two attached hydrogens (primary N) is 1. The molecule has 1 amide bonds. The molecular formula is C18H20N2OS. The molecule has 0 aliphatic carbocycles. The number of carbonyl (C=O) groups is 1. The Morgan fingerprint density at radius 2 is 1.95 bits per heavy atom. The van der Waals surface area contributed by atoms with Gasteiger partial charge in [-0.05, 0) is 41.5 Å². The Bertz CT molecular complexity index is 669. The molecule has 22 heavy (non-hydrogen) atoms. The molecule has 0 fully saturated rings. The van der Waals surface area contributed by atoms with Gasteiger partial charge in [-0.1, -0.05) is 36.4 Å². The van der Waals surface area contributed by atoms with Crippen molar-refractivity contribution in [3.05, 3.63) is 65.2 Å². The van der Waals surface area contributed by atoms with E-state index >= 15 is 0 Å². The molecule has 3 nitrogen and oxygen atoms in total. The average molecular weight is 312 g/mol. The molecule has 1 atom stereocenters. The van der Waals surface area contributed by atoms with Crippen molar-refractivity contribution in [3.8, 4) is 0 Å². The first kappa shape index (κ1) is 15.1. The molecule has 4 heteroatoms. The number of rotatable bonds is 4. The zero-order valence-electron chi connectivity index (χ0n) is 12.7. The summed E-state index contributed by atoms with van der Waals surface area (Å²) >= 11 is 1.73. The Morgan fingerprint density at radius 3 is 2.64 bits per heavy atom. The second-order valence-electron chi connectivity index (χ2n) is 5.57. The highest BCUT2D eigenvalue weighted by Gasteiger charge is 2.31. The van der Waals surface area contributed by atoms with Gasteiger partial charge in [-0.3, -0.25) is 9.69 Å². The molecule has 2 aromatic carbocycles. The van der Waals surface area contributed by atoms with Crippen molar-refractivity contribution in [2.45, 2.75) is 23.9 Å². The molecule has 1 aliphatic heterocycles. The minimum Gasteiger partial charge on any atom is -0.368 e. The van der Waals surface area contributed by atoms with Crippen molar-refractivity contribution in [2.75, 3.05) is 12.8 Å². The first-order valence-corrected chi connectivity index (χ1v) is 8.65. The average Bonchev–Trinajstić information content (AvgIpc) is 2.55. The smallest absolute Gasteiger partial charge is 0.239 e. The number of thioether (sulfide) groups is 1. The van der Waals surface area contributed by atoms with Crippen LogP contribution in [-0.4, -0.2) is 23.6 Å². The number of nitrogens with zero attached hydrogens (tertiary/aromatic N) is 1. The van der Waals surface area contributed by atoms with E-state index < -0.39 is 0 Å². The number of hydrogen-bond acceptors (Lipinski definition) is 3. The van der Waals surface area contributed by atoms with E-state index in [4.69, 9.17) is 5.73 Å². The van der Waals surface area contributed by atoms with Crippen LogP contribution in [0.25, 0.3) is 0 Å². The molecule has 3 rings (SSSR count). The van der Waals surface area contributed by atoms with Crippen LogP contribution in [0.1, 0.15) is 22.7 Å². The van der Waals surface area contributed by atoms with Crippen molar-refractivity contribution in [1.29, 1.82) is 0 Å². The quantitative estimate of drug-likeness (QED) is 0.883. The highest BCUT2D eigenvalue weighted by atomic mass is 32.2. The largest absolute Gasteiger partial charge is 0.368 e. The molecule has 1 heterocycles. The summed E-state index contributed by atoms with van der Waals surface area (Å²) < 4.78 is 0. The molecule has 114 valence electrons. The van der Waals surface area contributed by atoms with Gasteiger partial charge in [0, 0.05) is 18.0 Å². The number of fused-ring (bicyclic) bond motifs is 1. The zero-order chi connectivity index (χ0) is 15.5. The van der Waals surface area contributed by atoms with Crippen molar-refractivity contribution in [1.82, 2.24) is 4.90 Å². The van der Waals surface area contributed by atoms with Gasteiger partial charge in [-0.25, -0.2) is 0 Å². The van der Waals surface area contributed by atoms with E-state index in [1.165, 1.54) is 16.0 Å². The Kier molecular flexibility index (Phi) is 4.50. The highest BCUT2D eigenvalue weighted by molar-refractivity contribution is 7.98. The molecule has 0 radical (unpaired) electrons. The fraction of sp³-hybridized carbons (Fsp3) is 0.278. The van der Waals surface area contributed by atoms with Gasteiger partial charge >= 0.3 is 0 Å². The molecule has 0 bridgehead atoms. The monoisotopic (exact) mass is 312 g/mol. The SMILES string of the molecule is CSc1ccc(CN2CCc3ccccc3C2C(N)=O)cc1. The van der Waals surface area contributed by atoms with Crippen LogP contribution < -0.4 is 5.73 Å². The van der Waals surface area contributed by atoms with Gasteiger partial charge in [-0.2, -0.15) is 0 Å². The fourth-order valence-electron chi connectivity index (χ4n) is 3.09. The number of hydrogen-bond donors (Lipinski definition) is 1. The fourth-order valence-corrected chi connectivity index (χ4v) is 3.50. The highest BCUT2D eigenvalue weighted by Crippen LogP contribution is 2.30. The Labute approximate surface area is 135 Å². The molecule has 1 aliphatic rings. The molecule has 0 saturated carbocycles. The second kappa shape index (κ2) is 6.55. The summed E-state index contributed by atoms with van der Waals surface area (Å²) in [6.07, 6.45) is 3.03. The summed E-state index contributed by atoms with van der Waals surface area (Å²) in [5, 5.41) is 0. The number of benzene rings is 2. The number of primary amides is 1. The van der Waals surface area contributed by atoms with Crippen molar-refractivity contribution in [2.24, 2.45) is 5.73 Å². The second-order valence-corrected chi connectivity index (χ2v) is 6.45. The summed E-state index contributed by atoms with van der Waals surface area (Å²) in [6.45, 7) is 1.60. The van der Waals surface area contributed by atoms with Gasteiger partial charge in [0.15, 0.2) is 0 Å². The van der Waals surface area contributed by atoms with Crippen LogP contribution in [0, 0.1) is 0 Å². The van der Waals surface area contributed by atoms with E-state index in [9.17, 15) is 4.79 Å². The van der Waals surface area contributed by atoms with E-state index in [-0.39, 0.29) is 11.9 Å². The van der Waals surface area contributed by atoms with Crippen molar-refractivity contribution in [3.63, 3.8) is 0 Å². The maximum Gasteiger partial charge on any atom is 0.239 e. The van der Waals surface area contributed by atoms with Crippen LogP contribution in [0.15, 0.2) is 53.4 Å². The van der Waals surface area contributed by atoms with Crippen LogP contribution in [0.5, 0.6) is 0 Å². The van der Waals surface area contributed by atoms with Gasteiger partial charge in [0.1, 0.15) is 6.04 Å². The third-order valence-electron chi connectivity index (χ3n) is 4.20. The van der Waals surface area contributed by atoms with Crippen LogP contribution in [-0.2, 0) is 17.8 Å². The topological polar surface area (TPSA) is 46.3 Å². The number of amides is 1. The van der Waals surface area contributed by atoms with E-state index in [2.05, 4.69) is 41.5 Å². The minimum atomic E-state index is -0.329. The number of carbonyl (C=O) groups excluding carboxylic acids is 1.